The molecule has 0 radical (unpaired) electrons. The van der Waals surface area contributed by atoms with Crippen LogP contribution in [-0.4, -0.2) is 26.4 Å². The minimum Gasteiger partial charge on any atom is -0.482 e. The highest BCUT2D eigenvalue weighted by molar-refractivity contribution is 7.99. The highest BCUT2D eigenvalue weighted by Crippen LogP contribution is 2.32. The monoisotopic (exact) mass is 520 g/mol. The molecule has 194 valence electrons. The third-order valence-electron chi connectivity index (χ3n) is 5.33. The molecule has 1 aromatic heterocycles. The molecule has 36 heavy (non-hydrogen) atoms. The number of halogens is 3. The van der Waals surface area contributed by atoms with E-state index in [1.807, 2.05) is 35.8 Å². The van der Waals surface area contributed by atoms with Crippen molar-refractivity contribution >= 4 is 23.4 Å². The first-order valence-corrected chi connectivity index (χ1v) is 12.7. The summed E-state index contributed by atoms with van der Waals surface area (Å²) in [4.78, 5) is 12.4. The maximum absolute atomic E-state index is 12.7. The molecular formula is C26H31F3N4O2S. The van der Waals surface area contributed by atoms with Crippen LogP contribution in [0, 0.1) is 5.92 Å². The Morgan fingerprint density at radius 3 is 2.31 bits per heavy atom. The number of anilines is 1. The SMILES string of the molecule is CC(C)Cn1c(SCC(=O)Nc2ccc(C(F)(F)F)cc2)nnc1C(C)Oc1ccccc1C(C)C. The van der Waals surface area contributed by atoms with Gasteiger partial charge in [-0.15, -0.1) is 10.2 Å². The maximum atomic E-state index is 12.7. The lowest BCUT2D eigenvalue weighted by Crippen LogP contribution is -2.17. The number of amides is 1. The molecule has 10 heteroatoms. The molecule has 1 amide bonds. The van der Waals surface area contributed by atoms with Crippen molar-refractivity contribution in [3.05, 3.63) is 65.5 Å². The molecule has 0 aliphatic carbocycles. The second kappa shape index (κ2) is 11.8. The zero-order chi connectivity index (χ0) is 26.5. The minimum absolute atomic E-state index is 0.0304. The largest absolute Gasteiger partial charge is 0.482 e. The Labute approximate surface area is 213 Å². The van der Waals surface area contributed by atoms with Crippen LogP contribution in [0.4, 0.5) is 18.9 Å². The van der Waals surface area contributed by atoms with Gasteiger partial charge < -0.3 is 14.6 Å². The number of benzene rings is 2. The molecule has 0 saturated carbocycles. The van der Waals surface area contributed by atoms with Crippen molar-refractivity contribution in [1.82, 2.24) is 14.8 Å². The highest BCUT2D eigenvalue weighted by atomic mass is 32.2. The Kier molecular flexibility index (Phi) is 9.05. The lowest BCUT2D eigenvalue weighted by atomic mass is 10.0. The van der Waals surface area contributed by atoms with E-state index in [1.165, 1.54) is 23.9 Å². The molecule has 2 aromatic carbocycles. The second-order valence-electron chi connectivity index (χ2n) is 9.21. The van der Waals surface area contributed by atoms with Crippen LogP contribution in [-0.2, 0) is 17.5 Å². The molecule has 1 N–H and O–H groups in total. The number of ether oxygens (including phenoxy) is 1. The average molecular weight is 521 g/mol. The van der Waals surface area contributed by atoms with E-state index in [-0.39, 0.29) is 17.8 Å². The Balaban J connectivity index is 1.70. The van der Waals surface area contributed by atoms with Crippen LogP contribution in [0.25, 0.3) is 0 Å². The van der Waals surface area contributed by atoms with Gasteiger partial charge in [0.05, 0.1) is 11.3 Å². The van der Waals surface area contributed by atoms with E-state index in [4.69, 9.17) is 4.74 Å². The lowest BCUT2D eigenvalue weighted by molar-refractivity contribution is -0.137. The molecule has 6 nitrogen and oxygen atoms in total. The standard InChI is InChI=1S/C26H31F3N4O2S/c1-16(2)14-33-24(18(5)35-22-9-7-6-8-21(22)17(3)4)31-32-25(33)36-15-23(34)30-20-12-10-19(11-13-20)26(27,28)29/h6-13,16-18H,14-15H2,1-5H3,(H,30,34). The summed E-state index contributed by atoms with van der Waals surface area (Å²) in [5, 5.41) is 11.9. The third kappa shape index (κ3) is 7.25. The summed E-state index contributed by atoms with van der Waals surface area (Å²) in [5.41, 5.74) is 0.633. The van der Waals surface area contributed by atoms with Crippen molar-refractivity contribution < 1.29 is 22.7 Å². The van der Waals surface area contributed by atoms with Crippen LogP contribution in [0.2, 0.25) is 0 Å². The number of carbonyl (C=O) groups is 1. The van der Waals surface area contributed by atoms with E-state index in [2.05, 4.69) is 43.2 Å². The quantitative estimate of drug-likeness (QED) is 0.293. The van der Waals surface area contributed by atoms with Gasteiger partial charge in [0.25, 0.3) is 0 Å². The molecule has 1 unspecified atom stereocenters. The van der Waals surface area contributed by atoms with Gasteiger partial charge in [-0.3, -0.25) is 4.79 Å². The number of nitrogens with zero attached hydrogens (tertiary/aromatic N) is 3. The summed E-state index contributed by atoms with van der Waals surface area (Å²) in [5.74, 6) is 1.74. The molecule has 1 heterocycles. The molecule has 3 rings (SSSR count). The molecule has 1 atom stereocenters. The fourth-order valence-corrected chi connectivity index (χ4v) is 4.38. The molecule has 0 fully saturated rings. The Morgan fingerprint density at radius 2 is 1.69 bits per heavy atom. The first-order valence-electron chi connectivity index (χ1n) is 11.7. The smallest absolute Gasteiger partial charge is 0.416 e. The van der Waals surface area contributed by atoms with Crippen LogP contribution < -0.4 is 10.1 Å². The third-order valence-corrected chi connectivity index (χ3v) is 6.30. The van der Waals surface area contributed by atoms with Crippen molar-refractivity contribution in [1.29, 1.82) is 0 Å². The van der Waals surface area contributed by atoms with Crippen LogP contribution in [0.1, 0.15) is 63.6 Å². The van der Waals surface area contributed by atoms with Gasteiger partial charge in [-0.2, -0.15) is 13.2 Å². The van der Waals surface area contributed by atoms with Gasteiger partial charge in [-0.1, -0.05) is 57.7 Å². The highest BCUT2D eigenvalue weighted by Gasteiger charge is 2.30. The minimum atomic E-state index is -4.42. The number of hydrogen-bond acceptors (Lipinski definition) is 5. The van der Waals surface area contributed by atoms with Crippen LogP contribution >= 0.6 is 11.8 Å². The molecule has 0 aliphatic rings. The lowest BCUT2D eigenvalue weighted by Gasteiger charge is -2.20. The van der Waals surface area contributed by atoms with E-state index in [0.29, 0.717) is 35.0 Å². The number of hydrogen-bond donors (Lipinski definition) is 1. The zero-order valence-corrected chi connectivity index (χ0v) is 21.8. The topological polar surface area (TPSA) is 69.0 Å². The van der Waals surface area contributed by atoms with Crippen LogP contribution in [0.15, 0.2) is 53.7 Å². The summed E-state index contributed by atoms with van der Waals surface area (Å²) in [7, 11) is 0. The average Bonchev–Trinajstić information content (AvgIpc) is 3.19. The zero-order valence-electron chi connectivity index (χ0n) is 21.0. The molecule has 0 saturated heterocycles. The fraction of sp³-hybridized carbons (Fsp3) is 0.423. The van der Waals surface area contributed by atoms with E-state index in [1.54, 1.807) is 0 Å². The van der Waals surface area contributed by atoms with E-state index < -0.39 is 11.7 Å². The number of rotatable bonds is 10. The van der Waals surface area contributed by atoms with Crippen molar-refractivity contribution in [2.45, 2.75) is 64.5 Å². The van der Waals surface area contributed by atoms with Crippen molar-refractivity contribution in [2.24, 2.45) is 5.92 Å². The number of thioether (sulfide) groups is 1. The predicted molar refractivity (Wildman–Crippen MR) is 135 cm³/mol. The number of alkyl halides is 3. The van der Waals surface area contributed by atoms with Gasteiger partial charge >= 0.3 is 6.18 Å². The van der Waals surface area contributed by atoms with E-state index >= 15 is 0 Å². The summed E-state index contributed by atoms with van der Waals surface area (Å²) in [6.07, 6.45) is -4.79. The number of aromatic nitrogens is 3. The fourth-order valence-electron chi connectivity index (χ4n) is 3.62. The van der Waals surface area contributed by atoms with Gasteiger partial charge in [0.1, 0.15) is 5.75 Å². The number of carbonyl (C=O) groups excluding carboxylic acids is 1. The normalized spacial score (nSPS) is 12.7. The van der Waals surface area contributed by atoms with Gasteiger partial charge in [0.2, 0.25) is 5.91 Å². The van der Waals surface area contributed by atoms with Crippen LogP contribution in [0.5, 0.6) is 5.75 Å². The van der Waals surface area contributed by atoms with Gasteiger partial charge in [-0.05, 0) is 54.7 Å². The van der Waals surface area contributed by atoms with Crippen molar-refractivity contribution in [3.8, 4) is 5.75 Å². The van der Waals surface area contributed by atoms with Crippen molar-refractivity contribution in [3.63, 3.8) is 0 Å². The Hall–Kier alpha value is -3.01. The summed E-state index contributed by atoms with van der Waals surface area (Å²) < 4.78 is 46.5. The number of nitrogens with one attached hydrogen (secondary N) is 1. The first kappa shape index (κ1) is 27.6. The summed E-state index contributed by atoms with van der Waals surface area (Å²) in [6, 6.07) is 12.2. The number of para-hydroxylation sites is 1. The van der Waals surface area contributed by atoms with E-state index in [9.17, 15) is 18.0 Å². The molecular weight excluding hydrogens is 489 g/mol. The van der Waals surface area contributed by atoms with Gasteiger partial charge in [0.15, 0.2) is 17.1 Å². The molecule has 3 aromatic rings. The second-order valence-corrected chi connectivity index (χ2v) is 10.2. The Bertz CT molecular complexity index is 1160. The molecule has 0 spiro atoms. The Morgan fingerprint density at radius 1 is 1.03 bits per heavy atom. The molecule has 0 aliphatic heterocycles. The van der Waals surface area contributed by atoms with Crippen LogP contribution in [0.3, 0.4) is 0 Å². The first-order chi connectivity index (χ1) is 17.0. The van der Waals surface area contributed by atoms with E-state index in [0.717, 1.165) is 23.4 Å². The van der Waals surface area contributed by atoms with Gasteiger partial charge in [-0.25, -0.2) is 0 Å². The molecule has 0 bridgehead atoms. The predicted octanol–water partition coefficient (Wildman–Crippen LogP) is 6.95. The summed E-state index contributed by atoms with van der Waals surface area (Å²) in [6.45, 7) is 10.9. The van der Waals surface area contributed by atoms with Crippen molar-refractivity contribution in [2.75, 3.05) is 11.1 Å². The van der Waals surface area contributed by atoms with Gasteiger partial charge in [0, 0.05) is 12.2 Å². The summed E-state index contributed by atoms with van der Waals surface area (Å²) >= 11 is 1.22. The maximum Gasteiger partial charge on any atom is 0.416 e.